The number of ether oxygens (including phenoxy) is 1. The average molecular weight is 334 g/mol. The zero-order valence-electron chi connectivity index (χ0n) is 12.4. The molecule has 0 fully saturated rings. The third kappa shape index (κ3) is 5.32. The molecule has 0 bridgehead atoms. The van der Waals surface area contributed by atoms with Crippen LogP contribution < -0.4 is 10.1 Å². The van der Waals surface area contributed by atoms with Crippen molar-refractivity contribution in [3.8, 4) is 17.6 Å². The maximum atomic E-state index is 12.8. The maximum absolute atomic E-state index is 12.8. The molecular weight excluding hydrogens is 321 g/mol. The highest BCUT2D eigenvalue weighted by Gasteiger charge is 2.32. The fourth-order valence-corrected chi connectivity index (χ4v) is 1.75. The van der Waals surface area contributed by atoms with Crippen LogP contribution in [0.15, 0.2) is 48.8 Å². The van der Waals surface area contributed by atoms with Crippen LogP contribution in [0.1, 0.15) is 11.1 Å². The summed E-state index contributed by atoms with van der Waals surface area (Å²) in [5.74, 6) is 4.92. The van der Waals surface area contributed by atoms with Crippen molar-refractivity contribution in [3.05, 3.63) is 59.9 Å². The molecule has 1 aromatic carbocycles. The molecule has 0 radical (unpaired) electrons. The summed E-state index contributed by atoms with van der Waals surface area (Å²) in [6.07, 6.45) is -1.44. The van der Waals surface area contributed by atoms with E-state index in [4.69, 9.17) is 4.74 Å². The van der Waals surface area contributed by atoms with Crippen LogP contribution in [-0.2, 0) is 11.0 Å². The minimum Gasteiger partial charge on any atom is -0.482 e. The number of halogens is 3. The second-order valence-electron chi connectivity index (χ2n) is 4.60. The first kappa shape index (κ1) is 17.3. The third-order valence-corrected chi connectivity index (χ3v) is 2.83. The van der Waals surface area contributed by atoms with Crippen LogP contribution >= 0.6 is 0 Å². The number of rotatable bonds is 4. The number of hydrogen-bond donors (Lipinski definition) is 1. The second kappa shape index (κ2) is 8.02. The number of carbonyl (C=O) groups excluding carboxylic acids is 1. The molecule has 1 aromatic heterocycles. The van der Waals surface area contributed by atoms with Gasteiger partial charge in [0.1, 0.15) is 5.75 Å². The molecule has 0 aliphatic carbocycles. The molecule has 0 saturated carbocycles. The molecule has 1 heterocycles. The first-order chi connectivity index (χ1) is 11.5. The van der Waals surface area contributed by atoms with Crippen molar-refractivity contribution in [2.75, 3.05) is 13.2 Å². The lowest BCUT2D eigenvalue weighted by Crippen LogP contribution is -2.29. The Morgan fingerprint density at radius 2 is 2.00 bits per heavy atom. The van der Waals surface area contributed by atoms with Crippen molar-refractivity contribution < 1.29 is 22.7 Å². The van der Waals surface area contributed by atoms with Gasteiger partial charge < -0.3 is 10.1 Å². The molecule has 0 atom stereocenters. The minimum absolute atomic E-state index is 0.0819. The van der Waals surface area contributed by atoms with E-state index < -0.39 is 17.6 Å². The van der Waals surface area contributed by atoms with Crippen molar-refractivity contribution in [2.24, 2.45) is 0 Å². The number of benzene rings is 1. The van der Waals surface area contributed by atoms with Crippen molar-refractivity contribution in [2.45, 2.75) is 6.18 Å². The second-order valence-corrected chi connectivity index (χ2v) is 4.60. The Bertz CT molecular complexity index is 750. The number of alkyl halides is 3. The van der Waals surface area contributed by atoms with Crippen LogP contribution in [-0.4, -0.2) is 24.0 Å². The maximum Gasteiger partial charge on any atom is 0.417 e. The smallest absolute Gasteiger partial charge is 0.417 e. The molecule has 2 rings (SSSR count). The molecule has 1 amide bonds. The van der Waals surface area contributed by atoms with Gasteiger partial charge in [-0.05, 0) is 24.3 Å². The van der Waals surface area contributed by atoms with Gasteiger partial charge in [0, 0.05) is 11.8 Å². The largest absolute Gasteiger partial charge is 0.482 e. The van der Waals surface area contributed by atoms with Crippen molar-refractivity contribution in [1.29, 1.82) is 0 Å². The predicted molar refractivity (Wildman–Crippen MR) is 81.1 cm³/mol. The van der Waals surface area contributed by atoms with Gasteiger partial charge in [0.15, 0.2) is 6.61 Å². The SMILES string of the molecule is O=C(COc1cccnc1)NCC#Cc1ccccc1C(F)(F)F. The van der Waals surface area contributed by atoms with Crippen LogP contribution in [0, 0.1) is 11.8 Å². The minimum atomic E-state index is -4.47. The number of pyridine rings is 1. The Balaban J connectivity index is 1.85. The molecule has 124 valence electrons. The topological polar surface area (TPSA) is 51.2 Å². The summed E-state index contributed by atoms with van der Waals surface area (Å²) in [7, 11) is 0. The number of nitrogens with zero attached hydrogens (tertiary/aromatic N) is 1. The van der Waals surface area contributed by atoms with Crippen LogP contribution in [0.5, 0.6) is 5.75 Å². The number of carbonyl (C=O) groups is 1. The quantitative estimate of drug-likeness (QED) is 0.875. The van der Waals surface area contributed by atoms with Crippen LogP contribution in [0.25, 0.3) is 0 Å². The van der Waals surface area contributed by atoms with E-state index in [2.05, 4.69) is 22.1 Å². The van der Waals surface area contributed by atoms with E-state index in [-0.39, 0.29) is 18.7 Å². The van der Waals surface area contributed by atoms with Crippen LogP contribution in [0.2, 0.25) is 0 Å². The van der Waals surface area contributed by atoms with E-state index in [0.29, 0.717) is 5.75 Å². The number of aromatic nitrogens is 1. The first-order valence-corrected chi connectivity index (χ1v) is 6.91. The first-order valence-electron chi connectivity index (χ1n) is 6.91. The standard InChI is InChI=1S/C17H13F3N2O2/c18-17(19,20)15-8-2-1-5-13(15)6-3-10-22-16(23)12-24-14-7-4-9-21-11-14/h1-2,4-5,7-9,11H,10,12H2,(H,22,23). The zero-order valence-corrected chi connectivity index (χ0v) is 12.4. The molecule has 7 heteroatoms. The lowest BCUT2D eigenvalue weighted by atomic mass is 10.1. The number of nitrogens with one attached hydrogen (secondary N) is 1. The fourth-order valence-electron chi connectivity index (χ4n) is 1.75. The van der Waals surface area contributed by atoms with Gasteiger partial charge in [-0.2, -0.15) is 13.2 Å². The number of amides is 1. The lowest BCUT2D eigenvalue weighted by Gasteiger charge is -2.08. The van der Waals surface area contributed by atoms with E-state index in [0.717, 1.165) is 6.07 Å². The average Bonchev–Trinajstić information content (AvgIpc) is 2.57. The molecule has 0 unspecified atom stereocenters. The van der Waals surface area contributed by atoms with Crippen LogP contribution in [0.3, 0.4) is 0 Å². The molecule has 0 aliphatic heterocycles. The zero-order chi connectivity index (χ0) is 17.4. The summed E-state index contributed by atoms with van der Waals surface area (Å²) in [5.41, 5.74) is -0.936. The van der Waals surface area contributed by atoms with Gasteiger partial charge in [0.05, 0.1) is 18.3 Å². The molecule has 4 nitrogen and oxygen atoms in total. The van der Waals surface area contributed by atoms with E-state index in [1.54, 1.807) is 18.3 Å². The van der Waals surface area contributed by atoms with E-state index in [9.17, 15) is 18.0 Å². The van der Waals surface area contributed by atoms with Gasteiger partial charge in [-0.25, -0.2) is 0 Å². The summed E-state index contributed by atoms with van der Waals surface area (Å²) in [6.45, 7) is -0.312. The fraction of sp³-hybridized carbons (Fsp3) is 0.176. The van der Waals surface area contributed by atoms with Crippen molar-refractivity contribution >= 4 is 5.91 Å². The Morgan fingerprint density at radius 1 is 1.21 bits per heavy atom. The summed E-state index contributed by atoms with van der Waals surface area (Å²) >= 11 is 0. The highest BCUT2D eigenvalue weighted by Crippen LogP contribution is 2.31. The van der Waals surface area contributed by atoms with Gasteiger partial charge in [0.2, 0.25) is 0 Å². The van der Waals surface area contributed by atoms with Crippen molar-refractivity contribution in [1.82, 2.24) is 10.3 Å². The molecule has 0 aliphatic rings. The third-order valence-electron chi connectivity index (χ3n) is 2.83. The Kier molecular flexibility index (Phi) is 5.79. The van der Waals surface area contributed by atoms with E-state index >= 15 is 0 Å². The summed E-state index contributed by atoms with van der Waals surface area (Å²) in [5, 5.41) is 2.44. The molecule has 0 spiro atoms. The molecule has 0 saturated heterocycles. The highest BCUT2D eigenvalue weighted by atomic mass is 19.4. The van der Waals surface area contributed by atoms with Gasteiger partial charge in [-0.1, -0.05) is 24.0 Å². The molecular formula is C17H13F3N2O2. The Labute approximate surface area is 136 Å². The van der Waals surface area contributed by atoms with Gasteiger partial charge in [-0.3, -0.25) is 9.78 Å². The predicted octanol–water partition coefficient (Wildman–Crippen LogP) is 2.65. The van der Waals surface area contributed by atoms with Gasteiger partial charge in [0.25, 0.3) is 5.91 Å². The highest BCUT2D eigenvalue weighted by molar-refractivity contribution is 5.77. The van der Waals surface area contributed by atoms with E-state index in [1.807, 2.05) is 0 Å². The molecule has 1 N–H and O–H groups in total. The Morgan fingerprint density at radius 3 is 2.71 bits per heavy atom. The lowest BCUT2D eigenvalue weighted by molar-refractivity contribution is -0.137. The van der Waals surface area contributed by atoms with Gasteiger partial charge >= 0.3 is 6.18 Å². The summed E-state index contributed by atoms with van der Waals surface area (Å²) in [6, 6.07) is 8.32. The Hall–Kier alpha value is -3.01. The number of hydrogen-bond acceptors (Lipinski definition) is 3. The monoisotopic (exact) mass is 334 g/mol. The van der Waals surface area contributed by atoms with E-state index in [1.165, 1.54) is 24.4 Å². The molecule has 2 aromatic rings. The molecule has 24 heavy (non-hydrogen) atoms. The van der Waals surface area contributed by atoms with Crippen molar-refractivity contribution in [3.63, 3.8) is 0 Å². The normalized spacial score (nSPS) is 10.5. The summed E-state index contributed by atoms with van der Waals surface area (Å²) in [4.78, 5) is 15.4. The summed E-state index contributed by atoms with van der Waals surface area (Å²) < 4.78 is 43.5. The van der Waals surface area contributed by atoms with Crippen LogP contribution in [0.4, 0.5) is 13.2 Å². The van der Waals surface area contributed by atoms with Gasteiger partial charge in [-0.15, -0.1) is 0 Å².